The Morgan fingerprint density at radius 1 is 1.21 bits per heavy atom. The monoisotopic (exact) mass is 285 g/mol. The maximum absolute atomic E-state index is 9.27. The third kappa shape index (κ3) is 3.05. The molecule has 2 N–H and O–H groups in total. The van der Waals surface area contributed by atoms with Crippen molar-refractivity contribution in [3.63, 3.8) is 0 Å². The molecule has 2 heterocycles. The standard InChI is InChI=1S/C11H16ClN5O2/c12-9-14-10(13-7-5-8(18)6-7)16-11(15-9)17-1-3-19-4-2-17/h7-8,18H,1-6H2,(H,13,14,15,16). The number of hydrogen-bond donors (Lipinski definition) is 2. The molecule has 2 aliphatic rings. The van der Waals surface area contributed by atoms with Gasteiger partial charge >= 0.3 is 0 Å². The Labute approximate surface area is 116 Å². The van der Waals surface area contributed by atoms with E-state index in [-0.39, 0.29) is 17.4 Å². The quantitative estimate of drug-likeness (QED) is 0.826. The highest BCUT2D eigenvalue weighted by Gasteiger charge is 2.28. The second kappa shape index (κ2) is 5.44. The van der Waals surface area contributed by atoms with Crippen molar-refractivity contribution in [3.8, 4) is 0 Å². The molecule has 0 atom stereocenters. The molecule has 7 nitrogen and oxygen atoms in total. The van der Waals surface area contributed by atoms with Crippen LogP contribution in [0.5, 0.6) is 0 Å². The van der Waals surface area contributed by atoms with Crippen molar-refractivity contribution in [2.45, 2.75) is 25.0 Å². The highest BCUT2D eigenvalue weighted by Crippen LogP contribution is 2.23. The molecule has 8 heteroatoms. The lowest BCUT2D eigenvalue weighted by Gasteiger charge is -2.32. The second-order valence-electron chi connectivity index (χ2n) is 4.79. The third-order valence-electron chi connectivity index (χ3n) is 3.34. The lowest BCUT2D eigenvalue weighted by molar-refractivity contribution is 0.0834. The van der Waals surface area contributed by atoms with E-state index < -0.39 is 0 Å². The summed E-state index contributed by atoms with van der Waals surface area (Å²) >= 11 is 5.93. The van der Waals surface area contributed by atoms with Crippen LogP contribution in [0.1, 0.15) is 12.8 Å². The van der Waals surface area contributed by atoms with Crippen LogP contribution < -0.4 is 10.2 Å². The lowest BCUT2D eigenvalue weighted by Crippen LogP contribution is -2.40. The van der Waals surface area contributed by atoms with E-state index in [9.17, 15) is 5.11 Å². The number of nitrogens with one attached hydrogen (secondary N) is 1. The minimum Gasteiger partial charge on any atom is -0.393 e. The molecule has 1 aromatic rings. The molecule has 0 unspecified atom stereocenters. The summed E-state index contributed by atoms with van der Waals surface area (Å²) < 4.78 is 5.30. The third-order valence-corrected chi connectivity index (χ3v) is 3.51. The highest BCUT2D eigenvalue weighted by molar-refractivity contribution is 6.28. The predicted octanol–water partition coefficient (Wildman–Crippen LogP) is 0.297. The van der Waals surface area contributed by atoms with Gasteiger partial charge in [0.1, 0.15) is 0 Å². The summed E-state index contributed by atoms with van der Waals surface area (Å²) in [4.78, 5) is 14.6. The first-order valence-corrected chi connectivity index (χ1v) is 6.77. The van der Waals surface area contributed by atoms with Gasteiger partial charge in [-0.05, 0) is 24.4 Å². The van der Waals surface area contributed by atoms with Crippen LogP contribution in [0, 0.1) is 0 Å². The molecule has 1 aliphatic carbocycles. The van der Waals surface area contributed by atoms with Crippen LogP contribution in [-0.2, 0) is 4.74 Å². The molecule has 3 rings (SSSR count). The summed E-state index contributed by atoms with van der Waals surface area (Å²) in [5, 5.41) is 12.6. The lowest BCUT2D eigenvalue weighted by atomic mass is 9.90. The SMILES string of the molecule is OC1CC(Nc2nc(Cl)nc(N3CCOCC3)n2)C1. The number of aliphatic hydroxyl groups excluding tert-OH is 1. The van der Waals surface area contributed by atoms with Gasteiger partial charge in [-0.1, -0.05) is 0 Å². The number of morpholine rings is 1. The highest BCUT2D eigenvalue weighted by atomic mass is 35.5. The van der Waals surface area contributed by atoms with E-state index in [1.54, 1.807) is 0 Å². The molecule has 2 fully saturated rings. The zero-order chi connectivity index (χ0) is 13.2. The molecule has 1 aromatic heterocycles. The van der Waals surface area contributed by atoms with Gasteiger partial charge in [0.2, 0.25) is 17.2 Å². The molecule has 0 spiro atoms. The van der Waals surface area contributed by atoms with Crippen LogP contribution in [-0.4, -0.2) is 58.5 Å². The minimum absolute atomic E-state index is 0.180. The van der Waals surface area contributed by atoms with Crippen LogP contribution in [0.4, 0.5) is 11.9 Å². The van der Waals surface area contributed by atoms with Crippen molar-refractivity contribution >= 4 is 23.5 Å². The van der Waals surface area contributed by atoms with Gasteiger partial charge in [-0.3, -0.25) is 0 Å². The van der Waals surface area contributed by atoms with Crippen LogP contribution in [0.25, 0.3) is 0 Å². The average Bonchev–Trinajstić information content (AvgIpc) is 2.37. The fourth-order valence-electron chi connectivity index (χ4n) is 2.20. The smallest absolute Gasteiger partial charge is 0.231 e. The van der Waals surface area contributed by atoms with Gasteiger partial charge in [0.25, 0.3) is 0 Å². The maximum atomic E-state index is 9.27. The number of hydrogen-bond acceptors (Lipinski definition) is 7. The first kappa shape index (κ1) is 12.8. The summed E-state index contributed by atoms with van der Waals surface area (Å²) in [5.41, 5.74) is 0. The fourth-order valence-corrected chi connectivity index (χ4v) is 2.35. The Kier molecular flexibility index (Phi) is 3.67. The van der Waals surface area contributed by atoms with Crippen molar-refractivity contribution in [1.29, 1.82) is 0 Å². The number of halogens is 1. The molecule has 0 aromatic carbocycles. The Morgan fingerprint density at radius 3 is 2.63 bits per heavy atom. The first-order valence-electron chi connectivity index (χ1n) is 6.39. The first-order chi connectivity index (χ1) is 9.20. The van der Waals surface area contributed by atoms with Crippen molar-refractivity contribution in [1.82, 2.24) is 15.0 Å². The number of aliphatic hydroxyl groups is 1. The van der Waals surface area contributed by atoms with Crippen molar-refractivity contribution in [2.24, 2.45) is 0 Å². The van der Waals surface area contributed by atoms with Gasteiger partial charge in [0, 0.05) is 19.1 Å². The van der Waals surface area contributed by atoms with Gasteiger partial charge in [0.15, 0.2) is 0 Å². The van der Waals surface area contributed by atoms with Crippen LogP contribution >= 0.6 is 11.6 Å². The number of anilines is 2. The molecule has 19 heavy (non-hydrogen) atoms. The van der Waals surface area contributed by atoms with Crippen molar-refractivity contribution < 1.29 is 9.84 Å². The Morgan fingerprint density at radius 2 is 1.95 bits per heavy atom. The fraction of sp³-hybridized carbons (Fsp3) is 0.727. The summed E-state index contributed by atoms with van der Waals surface area (Å²) in [5.74, 6) is 1.05. The van der Waals surface area contributed by atoms with Crippen LogP contribution in [0.2, 0.25) is 5.28 Å². The van der Waals surface area contributed by atoms with E-state index in [1.165, 1.54) is 0 Å². The summed E-state index contributed by atoms with van der Waals surface area (Å²) in [6.07, 6.45) is 1.22. The van der Waals surface area contributed by atoms with Crippen LogP contribution in [0.3, 0.4) is 0 Å². The van der Waals surface area contributed by atoms with Gasteiger partial charge in [-0.15, -0.1) is 0 Å². The molecule has 0 amide bonds. The molecular weight excluding hydrogens is 270 g/mol. The molecular formula is C11H16ClN5O2. The maximum Gasteiger partial charge on any atom is 0.231 e. The molecule has 104 valence electrons. The minimum atomic E-state index is -0.214. The average molecular weight is 286 g/mol. The van der Waals surface area contributed by atoms with E-state index in [2.05, 4.69) is 20.3 Å². The number of ether oxygens (including phenoxy) is 1. The van der Waals surface area contributed by atoms with Crippen molar-refractivity contribution in [2.75, 3.05) is 36.5 Å². The van der Waals surface area contributed by atoms with Gasteiger partial charge in [0.05, 0.1) is 19.3 Å². The zero-order valence-electron chi connectivity index (χ0n) is 10.4. The van der Waals surface area contributed by atoms with Gasteiger partial charge in [-0.2, -0.15) is 15.0 Å². The number of aromatic nitrogens is 3. The zero-order valence-corrected chi connectivity index (χ0v) is 11.2. The molecule has 1 saturated heterocycles. The van der Waals surface area contributed by atoms with Gasteiger partial charge in [-0.25, -0.2) is 0 Å². The largest absolute Gasteiger partial charge is 0.393 e. The summed E-state index contributed by atoms with van der Waals surface area (Å²) in [6.45, 7) is 2.84. The Balaban J connectivity index is 1.71. The topological polar surface area (TPSA) is 83.4 Å². The predicted molar refractivity (Wildman–Crippen MR) is 70.5 cm³/mol. The molecule has 1 saturated carbocycles. The second-order valence-corrected chi connectivity index (χ2v) is 5.13. The van der Waals surface area contributed by atoms with Crippen LogP contribution in [0.15, 0.2) is 0 Å². The van der Waals surface area contributed by atoms with E-state index in [0.717, 1.165) is 25.9 Å². The normalized spacial score (nSPS) is 26.9. The van der Waals surface area contributed by atoms with E-state index in [4.69, 9.17) is 16.3 Å². The Hall–Kier alpha value is -1.18. The molecule has 0 bridgehead atoms. The van der Waals surface area contributed by atoms with E-state index >= 15 is 0 Å². The number of nitrogens with zero attached hydrogens (tertiary/aromatic N) is 4. The summed E-state index contributed by atoms with van der Waals surface area (Å²) in [7, 11) is 0. The van der Waals surface area contributed by atoms with E-state index in [1.807, 2.05) is 4.90 Å². The Bertz CT molecular complexity index is 449. The molecule has 0 radical (unpaired) electrons. The van der Waals surface area contributed by atoms with E-state index in [0.29, 0.717) is 25.1 Å². The number of rotatable bonds is 3. The van der Waals surface area contributed by atoms with Gasteiger partial charge < -0.3 is 20.1 Å². The molecule has 1 aliphatic heterocycles. The summed E-state index contributed by atoms with van der Waals surface area (Å²) in [6, 6.07) is 0.214. The van der Waals surface area contributed by atoms with Crippen molar-refractivity contribution in [3.05, 3.63) is 5.28 Å².